The van der Waals surface area contributed by atoms with Gasteiger partial charge in [-0.15, -0.1) is 0 Å². The minimum atomic E-state index is 0.00144. The monoisotopic (exact) mass is 266 g/mol. The van der Waals surface area contributed by atoms with Gasteiger partial charge in [0.05, 0.1) is 14.2 Å². The zero-order chi connectivity index (χ0) is 14.1. The van der Waals surface area contributed by atoms with E-state index in [0.717, 1.165) is 10.8 Å². The number of ether oxygens (including phenoxy) is 2. The lowest BCUT2D eigenvalue weighted by Crippen LogP contribution is -1.99. The second-order valence-corrected chi connectivity index (χ2v) is 4.54. The molecule has 100 valence electrons. The van der Waals surface area contributed by atoms with Gasteiger partial charge < -0.3 is 9.47 Å². The van der Waals surface area contributed by atoms with Crippen LogP contribution >= 0.6 is 0 Å². The van der Waals surface area contributed by atoms with Crippen LogP contribution in [0, 0.1) is 0 Å². The molecule has 0 bridgehead atoms. The molecule has 0 heterocycles. The van der Waals surface area contributed by atoms with E-state index in [1.165, 1.54) is 0 Å². The molecule has 0 amide bonds. The Morgan fingerprint density at radius 3 is 2.15 bits per heavy atom. The molecule has 3 heteroatoms. The van der Waals surface area contributed by atoms with Crippen LogP contribution < -0.4 is 14.9 Å². The molecule has 3 nitrogen and oxygen atoms in total. The Hall–Kier alpha value is -2.55. The van der Waals surface area contributed by atoms with Crippen molar-refractivity contribution in [2.75, 3.05) is 14.2 Å². The maximum Gasteiger partial charge on any atom is 0.194 e. The summed E-state index contributed by atoms with van der Waals surface area (Å²) in [5, 5.41) is 3.09. The number of hydrogen-bond donors (Lipinski definition) is 0. The van der Waals surface area contributed by atoms with Crippen LogP contribution in [0.4, 0.5) is 0 Å². The zero-order valence-corrected chi connectivity index (χ0v) is 11.3. The standard InChI is InChI=1S/C17H14O3/c1-19-15-9-12-8-7-11-5-3-4-6-13(11)17(18)14(12)10-16(15)20-2/h3-10H,1-2H3. The van der Waals surface area contributed by atoms with E-state index in [9.17, 15) is 4.79 Å². The van der Waals surface area contributed by atoms with Gasteiger partial charge in [0, 0.05) is 10.8 Å². The molecule has 0 aliphatic heterocycles. The van der Waals surface area contributed by atoms with Gasteiger partial charge in [-0.1, -0.05) is 36.4 Å². The number of benzene rings is 2. The van der Waals surface area contributed by atoms with E-state index in [1.807, 2.05) is 42.5 Å². The minimum absolute atomic E-state index is 0.00144. The van der Waals surface area contributed by atoms with Crippen molar-refractivity contribution in [2.24, 2.45) is 0 Å². The van der Waals surface area contributed by atoms with Gasteiger partial charge in [-0.2, -0.15) is 0 Å². The largest absolute Gasteiger partial charge is 0.493 e. The molecule has 0 N–H and O–H groups in total. The maximum absolute atomic E-state index is 12.7. The summed E-state index contributed by atoms with van der Waals surface area (Å²) in [6, 6.07) is 15.0. The van der Waals surface area contributed by atoms with E-state index >= 15 is 0 Å². The SMILES string of the molecule is COc1cc2ccc3ccccc3c(=O)c2cc1OC. The average Bonchev–Trinajstić information content (AvgIpc) is 2.64. The first-order chi connectivity index (χ1) is 9.74. The maximum atomic E-state index is 12.7. The Balaban J connectivity index is 2.52. The predicted octanol–water partition coefficient (Wildman–Crippen LogP) is 3.37. The van der Waals surface area contributed by atoms with Crippen molar-refractivity contribution in [2.45, 2.75) is 0 Å². The molecular formula is C17H14O3. The van der Waals surface area contributed by atoms with Gasteiger partial charge in [0.2, 0.25) is 0 Å². The summed E-state index contributed by atoms with van der Waals surface area (Å²) in [5.74, 6) is 1.18. The van der Waals surface area contributed by atoms with Gasteiger partial charge >= 0.3 is 0 Å². The summed E-state index contributed by atoms with van der Waals surface area (Å²) >= 11 is 0. The second kappa shape index (κ2) is 4.85. The summed E-state index contributed by atoms with van der Waals surface area (Å²) in [4.78, 5) is 12.7. The van der Waals surface area contributed by atoms with Gasteiger partial charge in [0.25, 0.3) is 0 Å². The molecule has 0 saturated carbocycles. The first-order valence-corrected chi connectivity index (χ1v) is 6.32. The highest BCUT2D eigenvalue weighted by molar-refractivity contribution is 5.94. The van der Waals surface area contributed by atoms with Crippen LogP contribution in [0.25, 0.3) is 21.5 Å². The van der Waals surface area contributed by atoms with E-state index in [2.05, 4.69) is 0 Å². The molecule has 0 radical (unpaired) electrons. The minimum Gasteiger partial charge on any atom is -0.493 e. The highest BCUT2D eigenvalue weighted by Crippen LogP contribution is 2.31. The topological polar surface area (TPSA) is 35.5 Å². The third-order valence-electron chi connectivity index (χ3n) is 3.45. The van der Waals surface area contributed by atoms with Crippen molar-refractivity contribution in [3.05, 3.63) is 58.8 Å². The van der Waals surface area contributed by atoms with E-state index in [-0.39, 0.29) is 5.43 Å². The molecule has 0 aliphatic rings. The molecule has 0 unspecified atom stereocenters. The van der Waals surface area contributed by atoms with Gasteiger partial charge in [0.1, 0.15) is 0 Å². The molecule has 0 spiro atoms. The third-order valence-corrected chi connectivity index (χ3v) is 3.45. The van der Waals surface area contributed by atoms with Crippen LogP contribution in [0.1, 0.15) is 0 Å². The first kappa shape index (κ1) is 12.5. The van der Waals surface area contributed by atoms with Crippen molar-refractivity contribution >= 4 is 21.5 Å². The first-order valence-electron chi connectivity index (χ1n) is 6.32. The van der Waals surface area contributed by atoms with Crippen LogP contribution in [-0.2, 0) is 0 Å². The summed E-state index contributed by atoms with van der Waals surface area (Å²) in [6.45, 7) is 0. The summed E-state index contributed by atoms with van der Waals surface area (Å²) < 4.78 is 10.6. The molecule has 0 atom stereocenters. The van der Waals surface area contributed by atoms with Crippen LogP contribution in [0.3, 0.4) is 0 Å². The molecule has 20 heavy (non-hydrogen) atoms. The Morgan fingerprint density at radius 2 is 1.40 bits per heavy atom. The Morgan fingerprint density at radius 1 is 0.750 bits per heavy atom. The summed E-state index contributed by atoms with van der Waals surface area (Å²) in [7, 11) is 3.15. The molecule has 3 rings (SSSR count). The van der Waals surface area contributed by atoms with E-state index in [4.69, 9.17) is 9.47 Å². The van der Waals surface area contributed by atoms with Crippen molar-refractivity contribution in [3.8, 4) is 11.5 Å². The predicted molar refractivity (Wildman–Crippen MR) is 80.8 cm³/mol. The fourth-order valence-electron chi connectivity index (χ4n) is 2.40. The van der Waals surface area contributed by atoms with Crippen LogP contribution in [0.5, 0.6) is 11.5 Å². The van der Waals surface area contributed by atoms with Crippen LogP contribution in [0.2, 0.25) is 0 Å². The van der Waals surface area contributed by atoms with Crippen molar-refractivity contribution < 1.29 is 9.47 Å². The van der Waals surface area contributed by atoms with Crippen molar-refractivity contribution in [3.63, 3.8) is 0 Å². The second-order valence-electron chi connectivity index (χ2n) is 4.54. The quantitative estimate of drug-likeness (QED) is 0.713. The van der Waals surface area contributed by atoms with Crippen LogP contribution in [-0.4, -0.2) is 14.2 Å². The average molecular weight is 266 g/mol. The number of rotatable bonds is 2. The van der Waals surface area contributed by atoms with Gasteiger partial charge in [-0.05, 0) is 22.9 Å². The molecule has 3 aromatic carbocycles. The highest BCUT2D eigenvalue weighted by atomic mass is 16.5. The molecule has 0 fully saturated rings. The van der Waals surface area contributed by atoms with E-state index < -0.39 is 0 Å². The van der Waals surface area contributed by atoms with E-state index in [0.29, 0.717) is 22.3 Å². The Bertz CT molecular complexity index is 853. The fourth-order valence-corrected chi connectivity index (χ4v) is 2.40. The highest BCUT2D eigenvalue weighted by Gasteiger charge is 2.08. The molecular weight excluding hydrogens is 252 g/mol. The van der Waals surface area contributed by atoms with Gasteiger partial charge in [-0.25, -0.2) is 0 Å². The van der Waals surface area contributed by atoms with Crippen molar-refractivity contribution in [1.82, 2.24) is 0 Å². The zero-order valence-electron chi connectivity index (χ0n) is 11.3. The summed E-state index contributed by atoms with van der Waals surface area (Å²) in [5.41, 5.74) is 0.00144. The van der Waals surface area contributed by atoms with E-state index in [1.54, 1.807) is 20.3 Å². The fraction of sp³-hybridized carbons (Fsp3) is 0.118. The van der Waals surface area contributed by atoms with Gasteiger partial charge in [0.15, 0.2) is 16.9 Å². The lowest BCUT2D eigenvalue weighted by atomic mass is 10.1. The van der Waals surface area contributed by atoms with Gasteiger partial charge in [-0.3, -0.25) is 4.79 Å². The molecule has 3 aromatic rings. The normalized spacial score (nSPS) is 10.7. The molecule has 0 aliphatic carbocycles. The number of fused-ring (bicyclic) bond motifs is 2. The third kappa shape index (κ3) is 1.88. The lowest BCUT2D eigenvalue weighted by Gasteiger charge is -2.07. The van der Waals surface area contributed by atoms with Crippen molar-refractivity contribution in [1.29, 1.82) is 0 Å². The Labute approximate surface area is 116 Å². The number of hydrogen-bond acceptors (Lipinski definition) is 3. The summed E-state index contributed by atoms with van der Waals surface area (Å²) in [6.07, 6.45) is 0. The number of methoxy groups -OCH3 is 2. The van der Waals surface area contributed by atoms with Crippen LogP contribution in [0.15, 0.2) is 53.3 Å². The lowest BCUT2D eigenvalue weighted by molar-refractivity contribution is 0.356. The molecule has 0 saturated heterocycles. The molecule has 0 aromatic heterocycles. The Kier molecular flexibility index (Phi) is 3.03. The smallest absolute Gasteiger partial charge is 0.194 e.